The van der Waals surface area contributed by atoms with E-state index in [2.05, 4.69) is 10.6 Å². The second-order valence-corrected chi connectivity index (χ2v) is 4.96. The van der Waals surface area contributed by atoms with Gasteiger partial charge in [0.1, 0.15) is 6.04 Å². The van der Waals surface area contributed by atoms with Gasteiger partial charge in [-0.2, -0.15) is 0 Å². The van der Waals surface area contributed by atoms with Crippen LogP contribution in [0.4, 0.5) is 0 Å². The smallest absolute Gasteiger partial charge is 0.327 e. The summed E-state index contributed by atoms with van der Waals surface area (Å²) in [5, 5.41) is 16.6. The predicted octanol–water partition coefficient (Wildman–Crippen LogP) is 1.38. The zero-order valence-electron chi connectivity index (χ0n) is 10.5. The first-order chi connectivity index (χ1) is 8.54. The van der Waals surface area contributed by atoms with Crippen LogP contribution in [0.1, 0.15) is 31.2 Å². The molecule has 0 radical (unpaired) electrons. The molecule has 0 spiro atoms. The lowest BCUT2D eigenvalue weighted by Gasteiger charge is -2.19. The first kappa shape index (κ1) is 14.7. The normalized spacial score (nSPS) is 13.9. The molecule has 1 amide bonds. The molecule has 0 saturated carbocycles. The third-order valence-electron chi connectivity index (χ3n) is 2.54. The second kappa shape index (κ2) is 7.13. The SMILES string of the molecule is CCC(NCC(NC(C)=O)C(=O)O)c1cccs1. The van der Waals surface area contributed by atoms with E-state index in [1.807, 2.05) is 24.4 Å². The van der Waals surface area contributed by atoms with Crippen molar-refractivity contribution in [3.05, 3.63) is 22.4 Å². The van der Waals surface area contributed by atoms with Gasteiger partial charge in [-0.1, -0.05) is 13.0 Å². The molecule has 0 aliphatic heterocycles. The minimum atomic E-state index is -1.03. The molecule has 0 aliphatic carbocycles. The summed E-state index contributed by atoms with van der Waals surface area (Å²) in [7, 11) is 0. The van der Waals surface area contributed by atoms with Crippen LogP contribution in [0, 0.1) is 0 Å². The maximum atomic E-state index is 11.0. The maximum absolute atomic E-state index is 11.0. The van der Waals surface area contributed by atoms with E-state index >= 15 is 0 Å². The highest BCUT2D eigenvalue weighted by atomic mass is 32.1. The Morgan fingerprint density at radius 3 is 2.67 bits per heavy atom. The molecular formula is C12H18N2O3S. The summed E-state index contributed by atoms with van der Waals surface area (Å²) >= 11 is 1.63. The van der Waals surface area contributed by atoms with Crippen molar-refractivity contribution in [1.82, 2.24) is 10.6 Å². The van der Waals surface area contributed by atoms with E-state index in [0.717, 1.165) is 6.42 Å². The maximum Gasteiger partial charge on any atom is 0.327 e. The molecule has 2 unspecified atom stereocenters. The summed E-state index contributed by atoms with van der Waals surface area (Å²) in [6, 6.07) is 3.21. The van der Waals surface area contributed by atoms with Gasteiger partial charge >= 0.3 is 5.97 Å². The molecule has 1 rings (SSSR count). The fraction of sp³-hybridized carbons (Fsp3) is 0.500. The van der Waals surface area contributed by atoms with E-state index < -0.39 is 12.0 Å². The molecule has 100 valence electrons. The van der Waals surface area contributed by atoms with E-state index in [1.165, 1.54) is 11.8 Å². The Morgan fingerprint density at radius 1 is 1.50 bits per heavy atom. The molecule has 1 heterocycles. The molecule has 0 bridgehead atoms. The molecule has 1 aromatic rings. The van der Waals surface area contributed by atoms with Crippen LogP contribution < -0.4 is 10.6 Å². The van der Waals surface area contributed by atoms with Gasteiger partial charge in [0.05, 0.1) is 0 Å². The monoisotopic (exact) mass is 270 g/mol. The summed E-state index contributed by atoms with van der Waals surface area (Å²) in [6.45, 7) is 3.56. The van der Waals surface area contributed by atoms with E-state index in [-0.39, 0.29) is 18.5 Å². The van der Waals surface area contributed by atoms with Gasteiger partial charge in [0.25, 0.3) is 0 Å². The molecule has 18 heavy (non-hydrogen) atoms. The zero-order chi connectivity index (χ0) is 13.5. The number of hydrogen-bond acceptors (Lipinski definition) is 4. The number of carbonyl (C=O) groups excluding carboxylic acids is 1. The number of carboxylic acid groups (broad SMARTS) is 1. The number of rotatable bonds is 7. The van der Waals surface area contributed by atoms with Crippen molar-refractivity contribution in [1.29, 1.82) is 0 Å². The van der Waals surface area contributed by atoms with Crippen molar-refractivity contribution < 1.29 is 14.7 Å². The van der Waals surface area contributed by atoms with Crippen molar-refractivity contribution in [2.45, 2.75) is 32.4 Å². The van der Waals surface area contributed by atoms with Crippen LogP contribution in [0.5, 0.6) is 0 Å². The average Bonchev–Trinajstić information content (AvgIpc) is 2.81. The topological polar surface area (TPSA) is 78.4 Å². The fourth-order valence-electron chi connectivity index (χ4n) is 1.64. The van der Waals surface area contributed by atoms with Gasteiger partial charge in [-0.15, -0.1) is 11.3 Å². The number of nitrogens with one attached hydrogen (secondary N) is 2. The Bertz CT molecular complexity index is 392. The molecule has 0 aliphatic rings. The van der Waals surface area contributed by atoms with Gasteiger partial charge in [-0.3, -0.25) is 4.79 Å². The van der Waals surface area contributed by atoms with Crippen molar-refractivity contribution >= 4 is 23.2 Å². The Balaban J connectivity index is 2.55. The molecule has 3 N–H and O–H groups in total. The standard InChI is InChI=1S/C12H18N2O3S/c1-3-9(11-5-4-6-18-11)13-7-10(12(16)17)14-8(2)15/h4-6,9-10,13H,3,7H2,1-2H3,(H,14,15)(H,16,17). The molecule has 0 saturated heterocycles. The van der Waals surface area contributed by atoms with Crippen molar-refractivity contribution in [3.63, 3.8) is 0 Å². The Morgan fingerprint density at radius 2 is 2.22 bits per heavy atom. The summed E-state index contributed by atoms with van der Waals surface area (Å²) in [5.41, 5.74) is 0. The van der Waals surface area contributed by atoms with E-state index in [9.17, 15) is 9.59 Å². The molecular weight excluding hydrogens is 252 g/mol. The number of carbonyl (C=O) groups is 2. The summed E-state index contributed by atoms with van der Waals surface area (Å²) in [4.78, 5) is 23.0. The highest BCUT2D eigenvalue weighted by Crippen LogP contribution is 2.21. The predicted molar refractivity (Wildman–Crippen MR) is 70.6 cm³/mol. The quantitative estimate of drug-likeness (QED) is 0.699. The van der Waals surface area contributed by atoms with Gasteiger partial charge in [-0.25, -0.2) is 4.79 Å². The van der Waals surface area contributed by atoms with Gasteiger partial charge in [0.2, 0.25) is 5.91 Å². The number of aliphatic carboxylic acids is 1. The first-order valence-corrected chi connectivity index (χ1v) is 6.69. The fourth-order valence-corrected chi connectivity index (χ4v) is 2.53. The minimum absolute atomic E-state index is 0.126. The third kappa shape index (κ3) is 4.46. The Hall–Kier alpha value is -1.40. The number of amides is 1. The van der Waals surface area contributed by atoms with E-state index in [0.29, 0.717) is 0 Å². The number of thiophene rings is 1. The van der Waals surface area contributed by atoms with Crippen molar-refractivity contribution in [2.24, 2.45) is 0 Å². The van der Waals surface area contributed by atoms with Crippen LogP contribution in [-0.2, 0) is 9.59 Å². The van der Waals surface area contributed by atoms with Crippen molar-refractivity contribution in [3.8, 4) is 0 Å². The summed E-state index contributed by atoms with van der Waals surface area (Å²) < 4.78 is 0. The minimum Gasteiger partial charge on any atom is -0.480 e. The lowest BCUT2D eigenvalue weighted by atomic mass is 10.1. The van der Waals surface area contributed by atoms with Crippen LogP contribution >= 0.6 is 11.3 Å². The molecule has 5 nitrogen and oxygen atoms in total. The van der Waals surface area contributed by atoms with E-state index in [4.69, 9.17) is 5.11 Å². The largest absolute Gasteiger partial charge is 0.480 e. The molecule has 2 atom stereocenters. The average molecular weight is 270 g/mol. The number of carboxylic acids is 1. The highest BCUT2D eigenvalue weighted by Gasteiger charge is 2.20. The van der Waals surface area contributed by atoms with Gasteiger partial charge in [-0.05, 0) is 17.9 Å². The third-order valence-corrected chi connectivity index (χ3v) is 3.52. The van der Waals surface area contributed by atoms with E-state index in [1.54, 1.807) is 11.3 Å². The molecule has 6 heteroatoms. The first-order valence-electron chi connectivity index (χ1n) is 5.81. The van der Waals surface area contributed by atoms with Crippen LogP contribution in [0.3, 0.4) is 0 Å². The van der Waals surface area contributed by atoms with Crippen LogP contribution in [-0.4, -0.2) is 29.6 Å². The van der Waals surface area contributed by atoms with Gasteiger partial charge < -0.3 is 15.7 Å². The lowest BCUT2D eigenvalue weighted by molar-refractivity contribution is -0.141. The zero-order valence-corrected chi connectivity index (χ0v) is 11.3. The second-order valence-electron chi connectivity index (χ2n) is 3.98. The molecule has 0 aromatic carbocycles. The van der Waals surface area contributed by atoms with Crippen LogP contribution in [0.25, 0.3) is 0 Å². The van der Waals surface area contributed by atoms with Gasteiger partial charge in [0.15, 0.2) is 0 Å². The molecule has 1 aromatic heterocycles. The summed E-state index contributed by atoms with van der Waals surface area (Å²) in [6.07, 6.45) is 0.868. The molecule has 0 fully saturated rings. The van der Waals surface area contributed by atoms with Gasteiger partial charge in [0, 0.05) is 24.4 Å². The Labute approximate surface area is 110 Å². The highest BCUT2D eigenvalue weighted by molar-refractivity contribution is 7.10. The van der Waals surface area contributed by atoms with Crippen molar-refractivity contribution in [2.75, 3.05) is 6.54 Å². The lowest BCUT2D eigenvalue weighted by Crippen LogP contribution is -2.47. The van der Waals surface area contributed by atoms with Crippen LogP contribution in [0.2, 0.25) is 0 Å². The Kier molecular flexibility index (Phi) is 5.80. The summed E-state index contributed by atoms with van der Waals surface area (Å²) in [5.74, 6) is -1.37. The number of hydrogen-bond donors (Lipinski definition) is 3. The van der Waals surface area contributed by atoms with Crippen LogP contribution in [0.15, 0.2) is 17.5 Å².